The topological polar surface area (TPSA) is 12.0 Å². The fraction of sp³-hybridized carbons (Fsp3) is 0.600. The van der Waals surface area contributed by atoms with E-state index < -0.39 is 0 Å². The number of hydrogen-bond acceptors (Lipinski definition) is 3. The van der Waals surface area contributed by atoms with E-state index in [1.807, 2.05) is 23.1 Å². The minimum atomic E-state index is 0.701. The molecule has 1 aromatic rings. The first kappa shape index (κ1) is 9.56. The molecule has 1 nitrogen and oxygen atoms in total. The normalized spacial score (nSPS) is 21.5. The van der Waals surface area contributed by atoms with E-state index in [0.717, 1.165) is 6.54 Å². The third-order valence-corrected chi connectivity index (χ3v) is 4.76. The lowest BCUT2D eigenvalue weighted by Gasteiger charge is -2.22. The molecule has 1 aliphatic heterocycles. The van der Waals surface area contributed by atoms with Gasteiger partial charge in [0.15, 0.2) is 0 Å². The lowest BCUT2D eigenvalue weighted by atomic mass is 10.1. The quantitative estimate of drug-likeness (QED) is 0.828. The molecule has 1 aliphatic rings. The van der Waals surface area contributed by atoms with Crippen molar-refractivity contribution in [1.29, 1.82) is 0 Å². The molecule has 1 unspecified atom stereocenters. The van der Waals surface area contributed by atoms with Crippen molar-refractivity contribution in [2.75, 3.05) is 12.3 Å². The Morgan fingerprint density at radius 3 is 3.38 bits per heavy atom. The van der Waals surface area contributed by atoms with Gasteiger partial charge in [0.2, 0.25) is 0 Å². The molecule has 2 heterocycles. The van der Waals surface area contributed by atoms with Crippen LogP contribution in [0.2, 0.25) is 0 Å². The summed E-state index contributed by atoms with van der Waals surface area (Å²) in [7, 11) is 0. The van der Waals surface area contributed by atoms with Gasteiger partial charge in [0.05, 0.1) is 4.21 Å². The van der Waals surface area contributed by atoms with Crippen LogP contribution in [0.3, 0.4) is 0 Å². The first-order valence-corrected chi connectivity index (χ1v) is 6.69. The molecule has 0 bridgehead atoms. The highest BCUT2D eigenvalue weighted by molar-refractivity contribution is 8.01. The van der Waals surface area contributed by atoms with Gasteiger partial charge in [0, 0.05) is 11.8 Å². The maximum atomic E-state index is 3.59. The van der Waals surface area contributed by atoms with Crippen LogP contribution in [-0.4, -0.2) is 18.3 Å². The van der Waals surface area contributed by atoms with Crippen molar-refractivity contribution in [3.8, 4) is 0 Å². The zero-order chi connectivity index (χ0) is 9.10. The molecule has 1 N–H and O–H groups in total. The van der Waals surface area contributed by atoms with E-state index in [-0.39, 0.29) is 0 Å². The number of thiophene rings is 1. The van der Waals surface area contributed by atoms with Crippen molar-refractivity contribution < 1.29 is 0 Å². The highest BCUT2D eigenvalue weighted by atomic mass is 32.2. The molecule has 0 saturated carbocycles. The number of rotatable bonds is 3. The number of fused-ring (bicyclic) bond motifs is 1. The van der Waals surface area contributed by atoms with Crippen LogP contribution >= 0.6 is 23.1 Å². The maximum Gasteiger partial charge on any atom is 0.0631 e. The number of hydrogen-bond donors (Lipinski definition) is 1. The Kier molecular flexibility index (Phi) is 3.30. The van der Waals surface area contributed by atoms with Crippen molar-refractivity contribution in [3.63, 3.8) is 0 Å². The number of nitrogens with one attached hydrogen (secondary N) is 1. The molecule has 0 spiro atoms. The summed E-state index contributed by atoms with van der Waals surface area (Å²) in [6.45, 7) is 3.38. The van der Waals surface area contributed by atoms with Gasteiger partial charge in [0.25, 0.3) is 0 Å². The summed E-state index contributed by atoms with van der Waals surface area (Å²) in [5.74, 6) is 1.24. The Balaban J connectivity index is 1.93. The average Bonchev–Trinajstić information content (AvgIpc) is 2.61. The molecule has 0 aromatic carbocycles. The molecule has 1 atom stereocenters. The van der Waals surface area contributed by atoms with E-state index in [9.17, 15) is 0 Å². The third-order valence-electron chi connectivity index (χ3n) is 2.27. The predicted octanol–water partition coefficient (Wildman–Crippen LogP) is 2.76. The van der Waals surface area contributed by atoms with E-state index in [2.05, 4.69) is 23.7 Å². The fourth-order valence-electron chi connectivity index (χ4n) is 1.58. The summed E-state index contributed by atoms with van der Waals surface area (Å²) < 4.78 is 1.54. The predicted molar refractivity (Wildman–Crippen MR) is 60.8 cm³/mol. The zero-order valence-corrected chi connectivity index (χ0v) is 9.51. The van der Waals surface area contributed by atoms with Crippen LogP contribution in [0.5, 0.6) is 0 Å². The standard InChI is InChI=1S/C10H15NS2/c1-2-4-11-9-6-8-3-5-12-10(8)13-7-9/h3,5,9,11H,2,4,6-7H2,1H3. The van der Waals surface area contributed by atoms with Crippen LogP contribution < -0.4 is 5.32 Å². The first-order valence-electron chi connectivity index (χ1n) is 4.82. The SMILES string of the molecule is CCCNC1CSc2sccc2C1. The maximum absolute atomic E-state index is 3.59. The molecular weight excluding hydrogens is 198 g/mol. The van der Waals surface area contributed by atoms with Crippen molar-refractivity contribution in [2.45, 2.75) is 30.0 Å². The Bertz CT molecular complexity index is 270. The van der Waals surface area contributed by atoms with E-state index in [4.69, 9.17) is 0 Å². The molecule has 72 valence electrons. The Labute approximate surface area is 87.9 Å². The average molecular weight is 213 g/mol. The van der Waals surface area contributed by atoms with Crippen LogP contribution in [0, 0.1) is 0 Å². The van der Waals surface area contributed by atoms with Gasteiger partial charge < -0.3 is 5.32 Å². The summed E-state index contributed by atoms with van der Waals surface area (Å²) in [5.41, 5.74) is 1.55. The van der Waals surface area contributed by atoms with Crippen LogP contribution in [0.25, 0.3) is 0 Å². The van der Waals surface area contributed by atoms with Gasteiger partial charge in [-0.3, -0.25) is 0 Å². The second-order valence-corrected chi connectivity index (χ2v) is 5.60. The second kappa shape index (κ2) is 4.49. The minimum Gasteiger partial charge on any atom is -0.313 e. The lowest BCUT2D eigenvalue weighted by molar-refractivity contribution is 0.544. The molecule has 2 rings (SSSR count). The summed E-state index contributed by atoms with van der Waals surface area (Å²) in [6.07, 6.45) is 2.46. The highest BCUT2D eigenvalue weighted by Crippen LogP contribution is 2.34. The molecule has 13 heavy (non-hydrogen) atoms. The minimum absolute atomic E-state index is 0.701. The lowest BCUT2D eigenvalue weighted by Crippen LogP contribution is -2.35. The van der Waals surface area contributed by atoms with Crippen molar-refractivity contribution in [2.24, 2.45) is 0 Å². The molecule has 3 heteroatoms. The van der Waals surface area contributed by atoms with Gasteiger partial charge in [-0.25, -0.2) is 0 Å². The monoisotopic (exact) mass is 213 g/mol. The third kappa shape index (κ3) is 2.27. The highest BCUT2D eigenvalue weighted by Gasteiger charge is 2.18. The summed E-state index contributed by atoms with van der Waals surface area (Å²) in [6, 6.07) is 2.97. The molecular formula is C10H15NS2. The van der Waals surface area contributed by atoms with Crippen molar-refractivity contribution in [1.82, 2.24) is 5.32 Å². The van der Waals surface area contributed by atoms with Crippen molar-refractivity contribution in [3.05, 3.63) is 17.0 Å². The van der Waals surface area contributed by atoms with Crippen LogP contribution in [0.1, 0.15) is 18.9 Å². The summed E-state index contributed by atoms with van der Waals surface area (Å²) in [5, 5.41) is 5.79. The largest absolute Gasteiger partial charge is 0.313 e. The van der Waals surface area contributed by atoms with Gasteiger partial charge in [-0.1, -0.05) is 6.92 Å². The first-order chi connectivity index (χ1) is 6.40. The molecule has 0 radical (unpaired) electrons. The second-order valence-electron chi connectivity index (χ2n) is 3.40. The molecule has 0 saturated heterocycles. The van der Waals surface area contributed by atoms with E-state index in [1.54, 1.807) is 5.56 Å². The Morgan fingerprint density at radius 2 is 2.54 bits per heavy atom. The molecule has 0 fully saturated rings. The van der Waals surface area contributed by atoms with Crippen LogP contribution in [0.15, 0.2) is 15.7 Å². The van der Waals surface area contributed by atoms with E-state index in [0.29, 0.717) is 6.04 Å². The van der Waals surface area contributed by atoms with Gasteiger partial charge in [-0.2, -0.15) is 0 Å². The number of thioether (sulfide) groups is 1. The van der Waals surface area contributed by atoms with Crippen LogP contribution in [0.4, 0.5) is 0 Å². The molecule has 0 aliphatic carbocycles. The van der Waals surface area contributed by atoms with Crippen LogP contribution in [-0.2, 0) is 6.42 Å². The van der Waals surface area contributed by atoms with Gasteiger partial charge in [-0.05, 0) is 36.4 Å². The van der Waals surface area contributed by atoms with E-state index >= 15 is 0 Å². The summed E-state index contributed by atoms with van der Waals surface area (Å²) >= 11 is 3.90. The van der Waals surface area contributed by atoms with Gasteiger partial charge in [-0.15, -0.1) is 23.1 Å². The smallest absolute Gasteiger partial charge is 0.0631 e. The molecule has 1 aromatic heterocycles. The van der Waals surface area contributed by atoms with E-state index in [1.165, 1.54) is 22.8 Å². The van der Waals surface area contributed by atoms with Gasteiger partial charge in [0.1, 0.15) is 0 Å². The summed E-state index contributed by atoms with van der Waals surface area (Å²) in [4.78, 5) is 0. The van der Waals surface area contributed by atoms with Crippen molar-refractivity contribution >= 4 is 23.1 Å². The molecule has 0 amide bonds. The van der Waals surface area contributed by atoms with Gasteiger partial charge >= 0.3 is 0 Å². The fourth-order valence-corrected chi connectivity index (χ4v) is 3.81. The zero-order valence-electron chi connectivity index (χ0n) is 7.88. The Morgan fingerprint density at radius 1 is 1.62 bits per heavy atom. The Hall–Kier alpha value is 0.0100.